The first-order valence-electron chi connectivity index (χ1n) is 5.75. The number of hydrogen-bond donors (Lipinski definition) is 0. The number of aryl methyl sites for hydroxylation is 2. The van der Waals surface area contributed by atoms with Crippen molar-refractivity contribution in [1.82, 2.24) is 9.38 Å². The topological polar surface area (TPSA) is 17.3 Å². The van der Waals surface area contributed by atoms with E-state index in [0.717, 1.165) is 11.3 Å². The molecule has 3 aromatic rings. The Morgan fingerprint density at radius 3 is 2.71 bits per heavy atom. The molecule has 0 amide bonds. The van der Waals surface area contributed by atoms with Crippen LogP contribution in [-0.2, 0) is 0 Å². The first-order chi connectivity index (χ1) is 8.25. The molecule has 0 spiro atoms. The van der Waals surface area contributed by atoms with Gasteiger partial charge in [0.05, 0.1) is 11.9 Å². The summed E-state index contributed by atoms with van der Waals surface area (Å²) in [6.07, 6.45) is 4.02. The summed E-state index contributed by atoms with van der Waals surface area (Å²) in [5.41, 5.74) is 5.90. The maximum Gasteiger partial charge on any atom is 0.137 e. The predicted octanol–water partition coefficient (Wildman–Crippen LogP) is 3.62. The Morgan fingerprint density at radius 2 is 1.88 bits per heavy atom. The van der Waals surface area contributed by atoms with Gasteiger partial charge in [-0.2, -0.15) is 0 Å². The van der Waals surface area contributed by atoms with Crippen LogP contribution in [-0.4, -0.2) is 9.38 Å². The van der Waals surface area contributed by atoms with Gasteiger partial charge in [-0.1, -0.05) is 24.3 Å². The zero-order valence-corrected chi connectivity index (χ0v) is 10.0. The van der Waals surface area contributed by atoms with Gasteiger partial charge in [0.25, 0.3) is 0 Å². The molecule has 0 atom stereocenters. The van der Waals surface area contributed by atoms with E-state index in [1.54, 1.807) is 0 Å². The van der Waals surface area contributed by atoms with Gasteiger partial charge in [0.15, 0.2) is 0 Å². The Balaban J connectivity index is 2.29. The SMILES string of the molecule is Cc1ccn2c(-c3ccccc3C)cnc2c1. The van der Waals surface area contributed by atoms with E-state index in [1.165, 1.54) is 16.7 Å². The van der Waals surface area contributed by atoms with E-state index in [-0.39, 0.29) is 0 Å². The van der Waals surface area contributed by atoms with Crippen LogP contribution >= 0.6 is 0 Å². The summed E-state index contributed by atoms with van der Waals surface area (Å²) in [5, 5.41) is 0. The third-order valence-corrected chi connectivity index (χ3v) is 3.09. The molecule has 0 saturated carbocycles. The number of fused-ring (bicyclic) bond motifs is 1. The molecular weight excluding hydrogens is 208 g/mol. The smallest absolute Gasteiger partial charge is 0.137 e. The standard InChI is InChI=1S/C15H14N2/c1-11-7-8-17-14(10-16-15(17)9-11)13-6-4-3-5-12(13)2/h3-10H,1-2H3. The third kappa shape index (κ3) is 1.62. The number of hydrogen-bond acceptors (Lipinski definition) is 1. The van der Waals surface area contributed by atoms with Gasteiger partial charge in [0, 0.05) is 11.8 Å². The summed E-state index contributed by atoms with van der Waals surface area (Å²) in [4.78, 5) is 4.46. The molecule has 2 aromatic heterocycles. The zero-order valence-electron chi connectivity index (χ0n) is 10.0. The predicted molar refractivity (Wildman–Crippen MR) is 70.1 cm³/mol. The van der Waals surface area contributed by atoms with Crippen molar-refractivity contribution in [2.75, 3.05) is 0 Å². The van der Waals surface area contributed by atoms with Crippen LogP contribution in [0.3, 0.4) is 0 Å². The Labute approximate surface area is 101 Å². The molecule has 2 nitrogen and oxygen atoms in total. The highest BCUT2D eigenvalue weighted by Crippen LogP contribution is 2.24. The lowest BCUT2D eigenvalue weighted by molar-refractivity contribution is 1.17. The minimum atomic E-state index is 1.00. The molecule has 0 bridgehead atoms. The van der Waals surface area contributed by atoms with E-state index in [1.807, 2.05) is 6.20 Å². The van der Waals surface area contributed by atoms with Crippen LogP contribution in [0, 0.1) is 13.8 Å². The second-order valence-corrected chi connectivity index (χ2v) is 4.39. The number of imidazole rings is 1. The van der Waals surface area contributed by atoms with Crippen LogP contribution < -0.4 is 0 Å². The first-order valence-corrected chi connectivity index (χ1v) is 5.75. The van der Waals surface area contributed by atoms with E-state index in [0.29, 0.717) is 0 Å². The van der Waals surface area contributed by atoms with E-state index >= 15 is 0 Å². The Morgan fingerprint density at radius 1 is 1.06 bits per heavy atom. The van der Waals surface area contributed by atoms with Crippen molar-refractivity contribution < 1.29 is 0 Å². The van der Waals surface area contributed by atoms with Gasteiger partial charge in [0.1, 0.15) is 5.65 Å². The lowest BCUT2D eigenvalue weighted by Gasteiger charge is -2.05. The Kier molecular flexibility index (Phi) is 2.22. The van der Waals surface area contributed by atoms with Crippen molar-refractivity contribution >= 4 is 5.65 Å². The molecule has 3 rings (SSSR count). The van der Waals surface area contributed by atoms with Crippen molar-refractivity contribution in [3.63, 3.8) is 0 Å². The van der Waals surface area contributed by atoms with Gasteiger partial charge in [-0.3, -0.25) is 4.40 Å². The average Bonchev–Trinajstić information content (AvgIpc) is 2.72. The quantitative estimate of drug-likeness (QED) is 0.614. The summed E-state index contributed by atoms with van der Waals surface area (Å²) in [7, 11) is 0. The molecule has 0 aliphatic carbocycles. The number of benzene rings is 1. The molecule has 0 radical (unpaired) electrons. The maximum absolute atomic E-state index is 4.46. The van der Waals surface area contributed by atoms with E-state index in [2.05, 4.69) is 65.8 Å². The fraction of sp³-hybridized carbons (Fsp3) is 0.133. The number of rotatable bonds is 1. The molecule has 0 N–H and O–H groups in total. The second-order valence-electron chi connectivity index (χ2n) is 4.39. The van der Waals surface area contributed by atoms with Gasteiger partial charge in [0.2, 0.25) is 0 Å². The molecule has 0 aliphatic rings. The molecule has 0 fully saturated rings. The average molecular weight is 222 g/mol. The number of nitrogens with zero attached hydrogens (tertiary/aromatic N) is 2. The van der Waals surface area contributed by atoms with Gasteiger partial charge in [-0.25, -0.2) is 4.98 Å². The lowest BCUT2D eigenvalue weighted by atomic mass is 10.1. The van der Waals surface area contributed by atoms with Crippen LogP contribution in [0.25, 0.3) is 16.9 Å². The molecule has 84 valence electrons. The highest BCUT2D eigenvalue weighted by Gasteiger charge is 2.07. The molecule has 2 heterocycles. The van der Waals surface area contributed by atoms with Crippen LogP contribution in [0.5, 0.6) is 0 Å². The molecular formula is C15H14N2. The molecule has 0 unspecified atom stereocenters. The monoisotopic (exact) mass is 222 g/mol. The fourth-order valence-electron chi connectivity index (χ4n) is 2.14. The van der Waals surface area contributed by atoms with Gasteiger partial charge in [-0.15, -0.1) is 0 Å². The summed E-state index contributed by atoms with van der Waals surface area (Å²) < 4.78 is 2.13. The van der Waals surface area contributed by atoms with Crippen molar-refractivity contribution in [2.24, 2.45) is 0 Å². The summed E-state index contributed by atoms with van der Waals surface area (Å²) in [6, 6.07) is 12.6. The highest BCUT2D eigenvalue weighted by molar-refractivity contribution is 5.67. The van der Waals surface area contributed by atoms with Crippen LogP contribution in [0.2, 0.25) is 0 Å². The van der Waals surface area contributed by atoms with Gasteiger partial charge < -0.3 is 0 Å². The van der Waals surface area contributed by atoms with Gasteiger partial charge in [-0.05, 0) is 37.1 Å². The largest absolute Gasteiger partial charge is 0.300 e. The third-order valence-electron chi connectivity index (χ3n) is 3.09. The molecule has 1 aromatic carbocycles. The highest BCUT2D eigenvalue weighted by atomic mass is 15.0. The summed E-state index contributed by atoms with van der Waals surface area (Å²) in [5.74, 6) is 0. The summed E-state index contributed by atoms with van der Waals surface area (Å²) in [6.45, 7) is 4.21. The van der Waals surface area contributed by atoms with Crippen molar-refractivity contribution in [3.8, 4) is 11.3 Å². The second kappa shape index (κ2) is 3.74. The molecule has 0 aliphatic heterocycles. The van der Waals surface area contributed by atoms with E-state index < -0.39 is 0 Å². The summed E-state index contributed by atoms with van der Waals surface area (Å²) >= 11 is 0. The molecule has 17 heavy (non-hydrogen) atoms. The van der Waals surface area contributed by atoms with Crippen LogP contribution in [0.15, 0.2) is 48.8 Å². The first kappa shape index (κ1) is 10.1. The normalized spacial score (nSPS) is 10.9. The van der Waals surface area contributed by atoms with Crippen molar-refractivity contribution in [2.45, 2.75) is 13.8 Å². The molecule has 2 heteroatoms. The van der Waals surface area contributed by atoms with E-state index in [9.17, 15) is 0 Å². The van der Waals surface area contributed by atoms with Crippen molar-refractivity contribution in [1.29, 1.82) is 0 Å². The fourth-order valence-corrected chi connectivity index (χ4v) is 2.14. The van der Waals surface area contributed by atoms with Crippen LogP contribution in [0.4, 0.5) is 0 Å². The minimum absolute atomic E-state index is 1.00. The zero-order chi connectivity index (χ0) is 11.8. The van der Waals surface area contributed by atoms with E-state index in [4.69, 9.17) is 0 Å². The van der Waals surface area contributed by atoms with Crippen LogP contribution in [0.1, 0.15) is 11.1 Å². The number of aromatic nitrogens is 2. The van der Waals surface area contributed by atoms with Gasteiger partial charge >= 0.3 is 0 Å². The molecule has 0 saturated heterocycles. The maximum atomic E-state index is 4.46. The lowest BCUT2D eigenvalue weighted by Crippen LogP contribution is -1.90. The Bertz CT molecular complexity index is 680. The van der Waals surface area contributed by atoms with Crippen molar-refractivity contribution in [3.05, 3.63) is 59.9 Å². The Hall–Kier alpha value is -2.09. The minimum Gasteiger partial charge on any atom is -0.300 e. The number of pyridine rings is 1.